The molecule has 0 bridgehead atoms. The Bertz CT molecular complexity index is 141. The Labute approximate surface area is 92.8 Å². The quantitative estimate of drug-likeness (QED) is 0.652. The van der Waals surface area contributed by atoms with Crippen molar-refractivity contribution < 1.29 is 0 Å². The fourth-order valence-electron chi connectivity index (χ4n) is 2.00. The lowest BCUT2D eigenvalue weighted by Crippen LogP contribution is -2.25. The lowest BCUT2D eigenvalue weighted by Gasteiger charge is -2.11. The van der Waals surface area contributed by atoms with Gasteiger partial charge in [-0.1, -0.05) is 0 Å². The Kier molecular flexibility index (Phi) is 6.65. The molecule has 3 heteroatoms. The summed E-state index contributed by atoms with van der Waals surface area (Å²) in [5, 5.41) is 3.57. The van der Waals surface area contributed by atoms with Gasteiger partial charge in [0.2, 0.25) is 0 Å². The van der Waals surface area contributed by atoms with Crippen LogP contribution in [0.5, 0.6) is 0 Å². The van der Waals surface area contributed by atoms with Crippen molar-refractivity contribution in [2.45, 2.75) is 19.3 Å². The van der Waals surface area contributed by atoms with Crippen LogP contribution in [-0.4, -0.2) is 50.1 Å². The molecule has 1 saturated heterocycles. The van der Waals surface area contributed by atoms with Crippen molar-refractivity contribution >= 4 is 11.8 Å². The van der Waals surface area contributed by atoms with E-state index < -0.39 is 0 Å². The minimum absolute atomic E-state index is 0.903. The second-order valence-electron chi connectivity index (χ2n) is 4.32. The molecule has 1 heterocycles. The Hall–Kier alpha value is 0.270. The number of thioether (sulfide) groups is 1. The first kappa shape index (κ1) is 12.3. The average molecular weight is 216 g/mol. The summed E-state index contributed by atoms with van der Waals surface area (Å²) in [4.78, 5) is 2.43. The Morgan fingerprint density at radius 1 is 1.43 bits per heavy atom. The van der Waals surface area contributed by atoms with Crippen LogP contribution in [0.1, 0.15) is 19.3 Å². The maximum absolute atomic E-state index is 3.57. The first-order chi connectivity index (χ1) is 6.83. The SMILES string of the molecule is CSCCCCNCC1CCN(C)C1. The highest BCUT2D eigenvalue weighted by molar-refractivity contribution is 7.98. The maximum Gasteiger partial charge on any atom is 0.00192 e. The first-order valence-corrected chi connectivity index (χ1v) is 7.10. The van der Waals surface area contributed by atoms with Crippen LogP contribution in [0, 0.1) is 5.92 Å². The third-order valence-electron chi connectivity index (χ3n) is 2.87. The van der Waals surface area contributed by atoms with Gasteiger partial charge in [-0.25, -0.2) is 0 Å². The average Bonchev–Trinajstić information content (AvgIpc) is 2.58. The molecule has 1 aliphatic rings. The number of unbranched alkanes of at least 4 members (excludes halogenated alkanes) is 1. The lowest BCUT2D eigenvalue weighted by atomic mass is 10.1. The molecule has 1 unspecified atom stereocenters. The van der Waals surface area contributed by atoms with Gasteiger partial charge in [-0.15, -0.1) is 0 Å². The van der Waals surface area contributed by atoms with E-state index in [-0.39, 0.29) is 0 Å². The van der Waals surface area contributed by atoms with E-state index >= 15 is 0 Å². The van der Waals surface area contributed by atoms with Gasteiger partial charge in [-0.05, 0) is 63.9 Å². The van der Waals surface area contributed by atoms with Crippen LogP contribution < -0.4 is 5.32 Å². The summed E-state index contributed by atoms with van der Waals surface area (Å²) >= 11 is 1.95. The fraction of sp³-hybridized carbons (Fsp3) is 1.00. The largest absolute Gasteiger partial charge is 0.316 e. The van der Waals surface area contributed by atoms with Crippen LogP contribution in [0.4, 0.5) is 0 Å². The minimum Gasteiger partial charge on any atom is -0.316 e. The monoisotopic (exact) mass is 216 g/mol. The van der Waals surface area contributed by atoms with Gasteiger partial charge < -0.3 is 10.2 Å². The van der Waals surface area contributed by atoms with E-state index in [9.17, 15) is 0 Å². The number of nitrogens with zero attached hydrogens (tertiary/aromatic N) is 1. The van der Waals surface area contributed by atoms with Crippen molar-refractivity contribution in [1.29, 1.82) is 0 Å². The van der Waals surface area contributed by atoms with Gasteiger partial charge in [-0.2, -0.15) is 11.8 Å². The van der Waals surface area contributed by atoms with Crippen molar-refractivity contribution in [3.05, 3.63) is 0 Å². The molecule has 0 aliphatic carbocycles. The fourth-order valence-corrected chi connectivity index (χ4v) is 2.49. The summed E-state index contributed by atoms with van der Waals surface area (Å²) in [6.45, 7) is 5.01. The molecule has 1 aliphatic heterocycles. The second-order valence-corrected chi connectivity index (χ2v) is 5.31. The van der Waals surface area contributed by atoms with Crippen molar-refractivity contribution in [2.24, 2.45) is 5.92 Å². The van der Waals surface area contributed by atoms with Crippen molar-refractivity contribution in [3.63, 3.8) is 0 Å². The van der Waals surface area contributed by atoms with Gasteiger partial charge >= 0.3 is 0 Å². The molecule has 2 nitrogen and oxygen atoms in total. The van der Waals surface area contributed by atoms with E-state index in [1.807, 2.05) is 11.8 Å². The summed E-state index contributed by atoms with van der Waals surface area (Å²) in [6.07, 6.45) is 6.26. The molecule has 1 N–H and O–H groups in total. The van der Waals surface area contributed by atoms with Crippen molar-refractivity contribution in [3.8, 4) is 0 Å². The van der Waals surface area contributed by atoms with Crippen LogP contribution in [0.15, 0.2) is 0 Å². The van der Waals surface area contributed by atoms with Gasteiger partial charge in [-0.3, -0.25) is 0 Å². The molecule has 0 amide bonds. The molecule has 1 rings (SSSR count). The summed E-state index contributed by atoms with van der Waals surface area (Å²) in [5.74, 6) is 2.22. The zero-order valence-electron chi connectivity index (χ0n) is 9.59. The molecule has 0 aromatic rings. The highest BCUT2D eigenvalue weighted by Crippen LogP contribution is 2.12. The third kappa shape index (κ3) is 5.23. The smallest absolute Gasteiger partial charge is 0.00192 e. The van der Waals surface area contributed by atoms with Gasteiger partial charge in [0.1, 0.15) is 0 Å². The molecule has 0 spiro atoms. The molecule has 0 radical (unpaired) electrons. The van der Waals surface area contributed by atoms with E-state index in [0.717, 1.165) is 5.92 Å². The molecule has 1 atom stereocenters. The summed E-state index contributed by atoms with van der Waals surface area (Å²) in [7, 11) is 2.22. The zero-order chi connectivity index (χ0) is 10.2. The van der Waals surface area contributed by atoms with Gasteiger partial charge in [0, 0.05) is 6.54 Å². The maximum atomic E-state index is 3.57. The molecule has 0 saturated carbocycles. The summed E-state index contributed by atoms with van der Waals surface area (Å²) in [5.41, 5.74) is 0. The highest BCUT2D eigenvalue weighted by atomic mass is 32.2. The van der Waals surface area contributed by atoms with Gasteiger partial charge in [0.25, 0.3) is 0 Å². The molecule has 0 aromatic carbocycles. The highest BCUT2D eigenvalue weighted by Gasteiger charge is 2.18. The predicted octanol–water partition coefficient (Wildman–Crippen LogP) is 1.67. The van der Waals surface area contributed by atoms with E-state index in [1.54, 1.807) is 0 Å². The number of hydrogen-bond acceptors (Lipinski definition) is 3. The number of nitrogens with one attached hydrogen (secondary N) is 1. The zero-order valence-corrected chi connectivity index (χ0v) is 10.4. The molecule has 84 valence electrons. The predicted molar refractivity (Wildman–Crippen MR) is 66.1 cm³/mol. The van der Waals surface area contributed by atoms with Crippen LogP contribution in [0.3, 0.4) is 0 Å². The van der Waals surface area contributed by atoms with Crippen LogP contribution >= 0.6 is 11.8 Å². The van der Waals surface area contributed by atoms with Crippen molar-refractivity contribution in [2.75, 3.05) is 45.2 Å². The Morgan fingerprint density at radius 2 is 2.29 bits per heavy atom. The van der Waals surface area contributed by atoms with E-state index in [2.05, 4.69) is 23.5 Å². The van der Waals surface area contributed by atoms with Gasteiger partial charge in [0.15, 0.2) is 0 Å². The normalized spacial score (nSPS) is 23.1. The Morgan fingerprint density at radius 3 is 2.93 bits per heavy atom. The van der Waals surface area contributed by atoms with Crippen molar-refractivity contribution in [1.82, 2.24) is 10.2 Å². The Balaban J connectivity index is 1.84. The molecular weight excluding hydrogens is 192 g/mol. The second kappa shape index (κ2) is 7.55. The van der Waals surface area contributed by atoms with Gasteiger partial charge in [0.05, 0.1) is 0 Å². The number of hydrogen-bond donors (Lipinski definition) is 1. The lowest BCUT2D eigenvalue weighted by molar-refractivity contribution is 0.388. The minimum atomic E-state index is 0.903. The topological polar surface area (TPSA) is 15.3 Å². The van der Waals surface area contributed by atoms with E-state index in [1.165, 1.54) is 51.2 Å². The van der Waals surface area contributed by atoms with Crippen LogP contribution in [0.25, 0.3) is 0 Å². The third-order valence-corrected chi connectivity index (χ3v) is 3.57. The van der Waals surface area contributed by atoms with E-state index in [4.69, 9.17) is 0 Å². The van der Waals surface area contributed by atoms with Crippen LogP contribution in [0.2, 0.25) is 0 Å². The van der Waals surface area contributed by atoms with E-state index in [0.29, 0.717) is 0 Å². The first-order valence-electron chi connectivity index (χ1n) is 5.71. The summed E-state index contributed by atoms with van der Waals surface area (Å²) in [6, 6.07) is 0. The number of likely N-dealkylation sites (tertiary alicyclic amines) is 1. The molecule has 14 heavy (non-hydrogen) atoms. The molecule has 0 aromatic heterocycles. The summed E-state index contributed by atoms with van der Waals surface area (Å²) < 4.78 is 0. The van der Waals surface area contributed by atoms with Crippen LogP contribution in [-0.2, 0) is 0 Å². The standard InChI is InChI=1S/C11H24N2S/c1-13-7-5-11(10-13)9-12-6-3-4-8-14-2/h11-12H,3-10H2,1-2H3. The number of rotatable bonds is 7. The molecular formula is C11H24N2S. The molecule has 1 fully saturated rings.